The molecule has 0 aliphatic rings. The van der Waals surface area contributed by atoms with Crippen molar-refractivity contribution in [2.24, 2.45) is 0 Å². The van der Waals surface area contributed by atoms with Crippen molar-refractivity contribution < 1.29 is 0 Å². The van der Waals surface area contributed by atoms with Crippen molar-refractivity contribution >= 4 is 64.1 Å². The van der Waals surface area contributed by atoms with Crippen molar-refractivity contribution in [2.45, 2.75) is 0 Å². The van der Waals surface area contributed by atoms with E-state index in [1.165, 1.54) is 58.5 Å². The van der Waals surface area contributed by atoms with Gasteiger partial charge in [-0.25, -0.2) is 9.97 Å². The van der Waals surface area contributed by atoms with Crippen molar-refractivity contribution in [3.63, 3.8) is 0 Å². The smallest absolute Gasteiger partial charge is 0.161 e. The normalized spacial score (nSPS) is 11.7. The van der Waals surface area contributed by atoms with Gasteiger partial charge in [0.1, 0.15) is 0 Å². The van der Waals surface area contributed by atoms with Crippen molar-refractivity contribution in [3.05, 3.63) is 188 Å². The number of thiophene rings is 1. The molecule has 0 N–H and O–H groups in total. The summed E-state index contributed by atoms with van der Waals surface area (Å²) >= 11 is 1.84. The first-order valence-corrected chi connectivity index (χ1v) is 19.1. The fourth-order valence-corrected chi connectivity index (χ4v) is 9.29. The lowest BCUT2D eigenvalue weighted by molar-refractivity contribution is 1.19. The predicted molar refractivity (Wildman–Crippen MR) is 229 cm³/mol. The van der Waals surface area contributed by atoms with Crippen molar-refractivity contribution in [1.82, 2.24) is 14.5 Å². The van der Waals surface area contributed by atoms with Crippen LogP contribution < -0.4 is 0 Å². The maximum atomic E-state index is 5.24. The molecule has 252 valence electrons. The van der Waals surface area contributed by atoms with Gasteiger partial charge in [-0.05, 0) is 58.3 Å². The van der Waals surface area contributed by atoms with Crippen LogP contribution in [0.4, 0.5) is 0 Å². The highest BCUT2D eigenvalue weighted by atomic mass is 32.1. The Morgan fingerprint density at radius 3 is 1.65 bits per heavy atom. The maximum absolute atomic E-state index is 5.24. The number of hydrogen-bond acceptors (Lipinski definition) is 3. The zero-order valence-corrected chi connectivity index (χ0v) is 30.0. The molecular formula is C50H31N3S. The summed E-state index contributed by atoms with van der Waals surface area (Å²) in [7, 11) is 0. The van der Waals surface area contributed by atoms with Crippen molar-refractivity contribution in [2.75, 3.05) is 0 Å². The Kier molecular flexibility index (Phi) is 7.04. The largest absolute Gasteiger partial charge is 0.309 e. The summed E-state index contributed by atoms with van der Waals surface area (Å²) in [6, 6.07) is 67.2. The third-order valence-corrected chi connectivity index (χ3v) is 11.7. The number of benzene rings is 8. The van der Waals surface area contributed by atoms with E-state index in [2.05, 4.69) is 180 Å². The monoisotopic (exact) mass is 705 g/mol. The van der Waals surface area contributed by atoms with E-state index in [9.17, 15) is 0 Å². The highest BCUT2D eigenvalue weighted by Crippen LogP contribution is 2.44. The molecule has 4 heteroatoms. The lowest BCUT2D eigenvalue weighted by atomic mass is 9.98. The molecule has 0 spiro atoms. The molecule has 54 heavy (non-hydrogen) atoms. The van der Waals surface area contributed by atoms with Gasteiger partial charge in [-0.15, -0.1) is 11.3 Å². The standard InChI is InChI=1S/C50H31N3S/c1-4-14-32(15-5-1)35-24-26-39-38-21-12-13-23-45(38)53(46(39)28-35)36-25-27-41-47(29-36)54-48-30-42(37-20-10-11-22-40(37)49(41)48)50-51-43(33-16-6-2-7-17-33)31-44(52-50)34-18-8-3-9-19-34/h1-31H. The van der Waals surface area contributed by atoms with E-state index < -0.39 is 0 Å². The van der Waals surface area contributed by atoms with Crippen LogP contribution >= 0.6 is 11.3 Å². The van der Waals surface area contributed by atoms with Gasteiger partial charge in [-0.2, -0.15) is 0 Å². The highest BCUT2D eigenvalue weighted by Gasteiger charge is 2.19. The van der Waals surface area contributed by atoms with E-state index in [0.29, 0.717) is 0 Å². The lowest BCUT2D eigenvalue weighted by Crippen LogP contribution is -1.96. The van der Waals surface area contributed by atoms with Crippen LogP contribution in [-0.4, -0.2) is 14.5 Å². The second-order valence-corrected chi connectivity index (χ2v) is 14.9. The molecule has 0 saturated carbocycles. The number of fused-ring (bicyclic) bond motifs is 8. The maximum Gasteiger partial charge on any atom is 0.161 e. The first-order valence-electron chi connectivity index (χ1n) is 18.2. The van der Waals surface area contributed by atoms with Gasteiger partial charge >= 0.3 is 0 Å². The second-order valence-electron chi connectivity index (χ2n) is 13.8. The molecule has 0 unspecified atom stereocenters. The van der Waals surface area contributed by atoms with Gasteiger partial charge in [0.25, 0.3) is 0 Å². The van der Waals surface area contributed by atoms with E-state index in [-0.39, 0.29) is 0 Å². The van der Waals surface area contributed by atoms with Crippen LogP contribution in [0.15, 0.2) is 188 Å². The number of hydrogen-bond donors (Lipinski definition) is 0. The summed E-state index contributed by atoms with van der Waals surface area (Å²) < 4.78 is 4.90. The molecule has 0 atom stereocenters. The van der Waals surface area contributed by atoms with Gasteiger partial charge in [0.2, 0.25) is 0 Å². The first kappa shape index (κ1) is 30.7. The van der Waals surface area contributed by atoms with Gasteiger partial charge in [0.15, 0.2) is 5.82 Å². The molecule has 0 aliphatic carbocycles. The number of nitrogens with zero attached hydrogens (tertiary/aromatic N) is 3. The molecule has 0 amide bonds. The summed E-state index contributed by atoms with van der Waals surface area (Å²) in [5.41, 5.74) is 11.0. The van der Waals surface area contributed by atoms with Crippen LogP contribution in [0, 0.1) is 0 Å². The fourth-order valence-electron chi connectivity index (χ4n) is 8.09. The van der Waals surface area contributed by atoms with Crippen LogP contribution in [0.5, 0.6) is 0 Å². The van der Waals surface area contributed by atoms with Gasteiger partial charge in [-0.3, -0.25) is 0 Å². The molecule has 0 fully saturated rings. The van der Waals surface area contributed by atoms with E-state index in [1.807, 2.05) is 23.5 Å². The topological polar surface area (TPSA) is 30.7 Å². The summed E-state index contributed by atoms with van der Waals surface area (Å²) in [6.45, 7) is 0. The molecule has 11 aromatic rings. The average molecular weight is 706 g/mol. The Morgan fingerprint density at radius 1 is 0.370 bits per heavy atom. The SMILES string of the molecule is c1ccc(-c2ccc3c4ccccc4n(-c4ccc5c(c4)sc4cc(-c6nc(-c7ccccc7)cc(-c7ccccc7)n6)c6ccccc6c45)c3c2)cc1. The van der Waals surface area contributed by atoms with Gasteiger partial charge in [-0.1, -0.05) is 152 Å². The molecule has 8 aromatic carbocycles. The molecule has 0 bridgehead atoms. The number of aromatic nitrogens is 3. The van der Waals surface area contributed by atoms with Crippen LogP contribution in [0.2, 0.25) is 0 Å². The molecule has 0 aliphatic heterocycles. The Hall–Kier alpha value is -6.88. The second kappa shape index (κ2) is 12.4. The van der Waals surface area contributed by atoms with Crippen molar-refractivity contribution in [3.8, 4) is 50.7 Å². The minimum Gasteiger partial charge on any atom is -0.309 e. The molecular weight excluding hydrogens is 675 g/mol. The Labute approximate surface area is 316 Å². The quantitative estimate of drug-likeness (QED) is 0.178. The number of para-hydroxylation sites is 1. The Morgan fingerprint density at radius 2 is 0.944 bits per heavy atom. The average Bonchev–Trinajstić information content (AvgIpc) is 3.79. The van der Waals surface area contributed by atoms with E-state index in [4.69, 9.17) is 9.97 Å². The summed E-state index contributed by atoms with van der Waals surface area (Å²) in [6.07, 6.45) is 0. The number of rotatable bonds is 5. The van der Waals surface area contributed by atoms with Gasteiger partial charge < -0.3 is 4.57 Å². The van der Waals surface area contributed by atoms with E-state index in [1.54, 1.807) is 0 Å². The van der Waals surface area contributed by atoms with Crippen LogP contribution in [0.25, 0.3) is 103 Å². The first-order chi connectivity index (χ1) is 26.8. The molecule has 3 heterocycles. The minimum atomic E-state index is 0.728. The Bertz CT molecular complexity index is 3140. The molecule has 3 aromatic heterocycles. The third-order valence-electron chi connectivity index (χ3n) is 10.6. The molecule has 11 rings (SSSR count). The zero-order chi connectivity index (χ0) is 35.6. The summed E-state index contributed by atoms with van der Waals surface area (Å²) in [5, 5.41) is 7.40. The highest BCUT2D eigenvalue weighted by molar-refractivity contribution is 7.26. The molecule has 0 radical (unpaired) electrons. The zero-order valence-electron chi connectivity index (χ0n) is 29.1. The molecule has 0 saturated heterocycles. The van der Waals surface area contributed by atoms with Gasteiger partial charge in [0.05, 0.1) is 22.4 Å². The minimum absolute atomic E-state index is 0.728. The van der Waals surface area contributed by atoms with Crippen LogP contribution in [0.3, 0.4) is 0 Å². The molecule has 3 nitrogen and oxygen atoms in total. The van der Waals surface area contributed by atoms with Crippen LogP contribution in [0.1, 0.15) is 0 Å². The third kappa shape index (κ3) is 4.96. The lowest BCUT2D eigenvalue weighted by Gasteiger charge is -2.12. The van der Waals surface area contributed by atoms with Gasteiger partial charge in [0, 0.05) is 53.3 Å². The van der Waals surface area contributed by atoms with E-state index >= 15 is 0 Å². The summed E-state index contributed by atoms with van der Waals surface area (Å²) in [4.78, 5) is 10.5. The predicted octanol–water partition coefficient (Wildman–Crippen LogP) is 13.8. The van der Waals surface area contributed by atoms with Crippen molar-refractivity contribution in [1.29, 1.82) is 0 Å². The van der Waals surface area contributed by atoms with E-state index in [0.717, 1.165) is 45.0 Å². The summed E-state index contributed by atoms with van der Waals surface area (Å²) in [5.74, 6) is 0.728. The Balaban J connectivity index is 1.13. The van der Waals surface area contributed by atoms with Crippen LogP contribution in [-0.2, 0) is 0 Å². The fraction of sp³-hybridized carbons (Fsp3) is 0.